The van der Waals surface area contributed by atoms with E-state index in [1.807, 2.05) is 158 Å². The summed E-state index contributed by atoms with van der Waals surface area (Å²) >= 11 is 13.6. The minimum atomic E-state index is -0.990. The van der Waals surface area contributed by atoms with Crippen molar-refractivity contribution < 1.29 is 105 Å². The first kappa shape index (κ1) is 83.0. The molecule has 0 fully saturated rings. The van der Waals surface area contributed by atoms with E-state index in [0.717, 1.165) is 84.7 Å². The summed E-state index contributed by atoms with van der Waals surface area (Å²) < 4.78 is 4.19. The van der Waals surface area contributed by atoms with E-state index in [1.165, 1.54) is 32.2 Å². The summed E-state index contributed by atoms with van der Waals surface area (Å²) in [6, 6.07) is 76.1. The molecular weight excluding hydrogens is 2110 g/mol. The monoisotopic (exact) mass is 2160 g/mol. The molecule has 0 saturated carbocycles. The number of hydrogen-bond acceptors (Lipinski definition) is 12. The Balaban J connectivity index is 0.00000102. The Labute approximate surface area is 611 Å². The number of benzene rings is 5. The third kappa shape index (κ3) is 31.7. The van der Waals surface area contributed by atoms with Crippen LogP contribution in [0.15, 0.2) is 273 Å². The van der Waals surface area contributed by atoms with Crippen LogP contribution in [-0.4, -0.2) is 63.6 Å². The molecule has 0 atom stereocenters. The molecule has 7 heterocycles. The molecule has 2 N–H and O–H groups in total. The zero-order chi connectivity index (χ0) is 62.3. The number of ketones is 1. The molecule has 0 aliphatic rings. The van der Waals surface area contributed by atoms with Crippen LogP contribution in [0.25, 0.3) is 66.8 Å². The Hall–Kier alpha value is -6.97. The predicted octanol–water partition coefficient (Wildman–Crippen LogP) is 17.7. The molecule has 21 heteroatoms. The number of halogens is 4. The van der Waals surface area contributed by atoms with Gasteiger partial charge in [-0.3, -0.25) is 21.6 Å². The number of aromatic carboxylic acids is 1. The quantitative estimate of drug-likeness (QED) is 0.0523. The maximum Gasteiger partial charge on any atom is 3.00 e. The van der Waals surface area contributed by atoms with Crippen molar-refractivity contribution >= 4 is 104 Å². The second-order valence-electron chi connectivity index (χ2n) is 16.7. The minimum absolute atomic E-state index is 0. The van der Waals surface area contributed by atoms with Gasteiger partial charge < -0.3 is 46.8 Å². The molecule has 12 rings (SSSR count). The van der Waals surface area contributed by atoms with Gasteiger partial charge in [0.15, 0.2) is 5.78 Å². The molecule has 0 saturated heterocycles. The third-order valence-electron chi connectivity index (χ3n) is 10.5. The van der Waals surface area contributed by atoms with E-state index in [2.05, 4.69) is 154 Å². The molecule has 0 aliphatic heterocycles. The number of rotatable bonds is 6. The van der Waals surface area contributed by atoms with Crippen molar-refractivity contribution in [3.63, 3.8) is 0 Å². The fraction of sp³-hybridized carbons (Fsp3) is 0.0290. The number of aliphatic hydroxyl groups excluding tert-OH is 1. The van der Waals surface area contributed by atoms with Gasteiger partial charge >= 0.3 is 26.1 Å². The van der Waals surface area contributed by atoms with Crippen molar-refractivity contribution in [2.24, 2.45) is 0 Å². The average molecular weight is 2160 g/mol. The van der Waals surface area contributed by atoms with Crippen molar-refractivity contribution in [1.82, 2.24) is 34.9 Å². The molecule has 463 valence electrons. The second-order valence-corrected chi connectivity index (χ2v) is 20.3. The molecule has 12 aromatic rings. The van der Waals surface area contributed by atoms with Gasteiger partial charge in [-0.15, -0.1) is 119 Å². The summed E-state index contributed by atoms with van der Waals surface area (Å²) in [5, 5.41) is 25.2. The smallest absolute Gasteiger partial charge is 0.545 e. The SMILES string of the molecule is Brc1cc[c-]c(-c2ccccn2)c1.Brc1cc[c-]c(-c2ccccn2)c1.Brc1cc[c-]c(-c2ccccn2)c1.Brc1cc[c-]c(-c2ccccn2)c1.CC(=O)C=C(C)O.O=C(O)c1ccccn1.[C-]#N.[CH-]=O.[Ir+3].[Ir].[Ir].[Ir].c1cnc2c(c1)ccc1cccnc12. The fourth-order valence-corrected chi connectivity index (χ4v) is 8.34. The van der Waals surface area contributed by atoms with Crippen molar-refractivity contribution in [1.29, 1.82) is 5.26 Å². The van der Waals surface area contributed by atoms with Crippen molar-refractivity contribution in [3.8, 4) is 45.0 Å². The molecule has 7 aromatic heterocycles. The van der Waals surface area contributed by atoms with Crippen LogP contribution in [0.4, 0.5) is 0 Å². The predicted molar refractivity (Wildman–Crippen MR) is 352 cm³/mol. The number of aromatic nitrogens is 7. The van der Waals surface area contributed by atoms with E-state index >= 15 is 0 Å². The normalized spacial score (nSPS) is 9.27. The first-order valence-electron chi connectivity index (χ1n) is 25.2. The van der Waals surface area contributed by atoms with Crippen molar-refractivity contribution in [2.45, 2.75) is 13.8 Å². The Morgan fingerprint density at radius 3 is 0.900 bits per heavy atom. The zero-order valence-corrected chi connectivity index (χ0v) is 63.2. The van der Waals surface area contributed by atoms with Crippen LogP contribution in [0.2, 0.25) is 0 Å². The topological polar surface area (TPSA) is 206 Å². The van der Waals surface area contributed by atoms with Gasteiger partial charge in [0.2, 0.25) is 0 Å². The van der Waals surface area contributed by atoms with Crippen LogP contribution in [0.5, 0.6) is 0 Å². The van der Waals surface area contributed by atoms with Crippen molar-refractivity contribution in [2.75, 3.05) is 0 Å². The second kappa shape index (κ2) is 48.8. The molecule has 0 aliphatic carbocycles. The first-order chi connectivity index (χ1) is 41.8. The standard InChI is InChI=1S/C12H8N2.4C11H7BrN.C6H5NO2.C5H8O2.CN.CHO.4Ir/c1-3-9-5-6-10-4-2-8-14-12(10)11(9)13-7-1;4*12-10-5-3-4-9(8-10)11-6-1-2-7-13-11;8-6(9)5-3-1-2-4-7-5;1-4(6)3-5(2)7;2*1-2;;;;/h1-8H;4*1-3,5-8H;1-4H,(H,8,9);3,6H,1-2H3;;1H;;;;/q;4*-1;;;2*-1;;;;+3. The molecule has 13 nitrogen and oxygen atoms in total. The molecule has 0 amide bonds. The summed E-state index contributed by atoms with van der Waals surface area (Å²) in [5.74, 6) is -1.05. The summed E-state index contributed by atoms with van der Waals surface area (Å²) in [5.41, 5.74) is 9.86. The number of carbonyl (C=O) groups is 2. The number of carboxylic acid groups (broad SMARTS) is 1. The Kier molecular flexibility index (Phi) is 45.0. The number of pyridine rings is 7. The number of hydrogen-bond donors (Lipinski definition) is 2. The molecular formula is C69H50Br4Ir4N8O5-3. The molecule has 3 radical (unpaired) electrons. The number of aliphatic hydroxyl groups is 1. The van der Waals surface area contributed by atoms with Crippen LogP contribution in [0.1, 0.15) is 24.3 Å². The van der Waals surface area contributed by atoms with Crippen LogP contribution in [-0.2, 0) is 90.0 Å². The molecule has 90 heavy (non-hydrogen) atoms. The average Bonchev–Trinajstić information content (AvgIpc) is 3.04. The molecule has 5 aromatic carbocycles. The molecule has 0 spiro atoms. The van der Waals surface area contributed by atoms with E-state index in [0.29, 0.717) is 0 Å². The number of fused-ring (bicyclic) bond motifs is 3. The van der Waals surface area contributed by atoms with Gasteiger partial charge in [-0.05, 0) is 85.2 Å². The number of carbonyl (C=O) groups excluding carboxylic acids is 2. The molecule has 0 unspecified atom stereocenters. The van der Waals surface area contributed by atoms with Crippen LogP contribution < -0.4 is 0 Å². The van der Waals surface area contributed by atoms with E-state index in [1.54, 1.807) is 49.3 Å². The first-order valence-corrected chi connectivity index (χ1v) is 28.4. The van der Waals surface area contributed by atoms with Gasteiger partial charge in [0.1, 0.15) is 5.69 Å². The number of allylic oxidation sites excluding steroid dienone is 2. The van der Waals surface area contributed by atoms with Crippen LogP contribution >= 0.6 is 63.7 Å². The van der Waals surface area contributed by atoms with Crippen LogP contribution in [0.3, 0.4) is 0 Å². The van der Waals surface area contributed by atoms with E-state index in [9.17, 15) is 9.59 Å². The van der Waals surface area contributed by atoms with Gasteiger partial charge in [-0.1, -0.05) is 160 Å². The van der Waals surface area contributed by atoms with Gasteiger partial charge in [0.25, 0.3) is 0 Å². The number of carboxylic acids is 1. The largest absolute Gasteiger partial charge is 3.00 e. The molecule has 0 bridgehead atoms. The van der Waals surface area contributed by atoms with E-state index in [-0.39, 0.29) is 97.7 Å². The van der Waals surface area contributed by atoms with Gasteiger partial charge in [0, 0.05) is 121 Å². The van der Waals surface area contributed by atoms with Gasteiger partial charge in [-0.2, -0.15) is 0 Å². The summed E-state index contributed by atoms with van der Waals surface area (Å²) in [6.45, 7) is 10.8. The summed E-state index contributed by atoms with van der Waals surface area (Å²) in [7, 11) is 0. The Morgan fingerprint density at radius 2 is 0.700 bits per heavy atom. The fourth-order valence-electron chi connectivity index (χ4n) is 6.90. The Bertz CT molecular complexity index is 3630. The third-order valence-corrected chi connectivity index (χ3v) is 12.4. The summed E-state index contributed by atoms with van der Waals surface area (Å²) in [4.78, 5) is 57.1. The van der Waals surface area contributed by atoms with Gasteiger partial charge in [-0.25, -0.2) is 9.78 Å². The maximum atomic E-state index is 10.1. The van der Waals surface area contributed by atoms with E-state index in [4.69, 9.17) is 26.8 Å². The number of nitrogens with zero attached hydrogens (tertiary/aromatic N) is 8. The maximum absolute atomic E-state index is 10.1. The van der Waals surface area contributed by atoms with Gasteiger partial charge in [0.05, 0.1) is 16.8 Å². The Morgan fingerprint density at radius 1 is 0.422 bits per heavy atom. The van der Waals surface area contributed by atoms with E-state index < -0.39 is 5.97 Å². The zero-order valence-electron chi connectivity index (χ0n) is 47.3. The van der Waals surface area contributed by atoms with Crippen molar-refractivity contribution in [3.05, 3.63) is 310 Å². The van der Waals surface area contributed by atoms with Crippen LogP contribution in [0, 0.1) is 36.1 Å². The minimum Gasteiger partial charge on any atom is -0.545 e. The summed E-state index contributed by atoms with van der Waals surface area (Å²) in [6.07, 6.45) is 13.3.